The van der Waals surface area contributed by atoms with E-state index in [2.05, 4.69) is 33.0 Å². The maximum Gasteiger partial charge on any atom is 0.115 e. The van der Waals surface area contributed by atoms with E-state index >= 15 is 0 Å². The van der Waals surface area contributed by atoms with Gasteiger partial charge in [-0.25, -0.2) is 0 Å². The van der Waals surface area contributed by atoms with E-state index in [1.54, 1.807) is 12.3 Å². The molecule has 2 unspecified atom stereocenters. The molecule has 21 heavy (non-hydrogen) atoms. The first-order valence-electron chi connectivity index (χ1n) is 6.92. The van der Waals surface area contributed by atoms with E-state index in [0.29, 0.717) is 18.5 Å². The number of aliphatic hydroxyl groups is 1. The summed E-state index contributed by atoms with van der Waals surface area (Å²) in [6.07, 6.45) is 2.82. The summed E-state index contributed by atoms with van der Waals surface area (Å²) >= 11 is 3.33. The fourth-order valence-corrected chi connectivity index (χ4v) is 3.22. The van der Waals surface area contributed by atoms with Crippen molar-refractivity contribution < 1.29 is 5.11 Å². The number of rotatable bonds is 2. The number of hydrogen-bond donors (Lipinski definition) is 1. The first-order valence-corrected chi connectivity index (χ1v) is 7.71. The van der Waals surface area contributed by atoms with Gasteiger partial charge >= 0.3 is 0 Å². The summed E-state index contributed by atoms with van der Waals surface area (Å²) in [6.45, 7) is 0. The largest absolute Gasteiger partial charge is 0.385 e. The van der Waals surface area contributed by atoms with Crippen molar-refractivity contribution in [3.05, 3.63) is 63.9 Å². The number of halogens is 1. The highest BCUT2D eigenvalue weighted by Gasteiger charge is 2.42. The van der Waals surface area contributed by atoms with E-state index in [9.17, 15) is 10.4 Å². The van der Waals surface area contributed by atoms with Crippen LogP contribution in [-0.4, -0.2) is 10.1 Å². The molecule has 3 rings (SSSR count). The number of hydrogen-bond acceptors (Lipinski definition) is 3. The second kappa shape index (κ2) is 5.59. The summed E-state index contributed by atoms with van der Waals surface area (Å²) in [6, 6.07) is 14.1. The lowest BCUT2D eigenvalue weighted by atomic mass is 9.68. The third-order valence-electron chi connectivity index (χ3n) is 4.24. The van der Waals surface area contributed by atoms with Gasteiger partial charge in [0.25, 0.3) is 0 Å². The number of pyridine rings is 1. The Morgan fingerprint density at radius 1 is 1.24 bits per heavy atom. The van der Waals surface area contributed by atoms with Crippen LogP contribution in [0.25, 0.3) is 0 Å². The van der Waals surface area contributed by atoms with Gasteiger partial charge in [0.15, 0.2) is 0 Å². The summed E-state index contributed by atoms with van der Waals surface area (Å²) in [4.78, 5) is 4.25. The molecule has 0 saturated carbocycles. The van der Waals surface area contributed by atoms with Gasteiger partial charge in [0.1, 0.15) is 6.10 Å². The number of nitriles is 1. The zero-order valence-corrected chi connectivity index (χ0v) is 13.0. The molecule has 4 heteroatoms. The van der Waals surface area contributed by atoms with Crippen LogP contribution < -0.4 is 0 Å². The molecule has 106 valence electrons. The Morgan fingerprint density at radius 3 is 2.67 bits per heavy atom. The van der Waals surface area contributed by atoms with Crippen molar-refractivity contribution in [3.8, 4) is 6.07 Å². The van der Waals surface area contributed by atoms with Crippen molar-refractivity contribution in [1.82, 2.24) is 4.98 Å². The van der Waals surface area contributed by atoms with Gasteiger partial charge in [0, 0.05) is 10.7 Å². The lowest BCUT2D eigenvalue weighted by molar-refractivity contribution is 0.0491. The van der Waals surface area contributed by atoms with E-state index < -0.39 is 11.5 Å². The van der Waals surface area contributed by atoms with Crippen LogP contribution in [0, 0.1) is 16.7 Å². The van der Waals surface area contributed by atoms with Gasteiger partial charge in [-0.2, -0.15) is 5.26 Å². The Kier molecular flexibility index (Phi) is 3.79. The quantitative estimate of drug-likeness (QED) is 0.907. The monoisotopic (exact) mass is 342 g/mol. The molecular weight excluding hydrogens is 328 g/mol. The molecule has 0 bridgehead atoms. The predicted octanol–water partition coefficient (Wildman–Crippen LogP) is 3.58. The van der Waals surface area contributed by atoms with Crippen molar-refractivity contribution in [2.45, 2.75) is 25.4 Å². The molecule has 0 fully saturated rings. The van der Waals surface area contributed by atoms with Gasteiger partial charge in [-0.1, -0.05) is 24.3 Å². The van der Waals surface area contributed by atoms with Gasteiger partial charge in [-0.15, -0.1) is 0 Å². The van der Waals surface area contributed by atoms with E-state index in [-0.39, 0.29) is 0 Å². The van der Waals surface area contributed by atoms with Crippen molar-refractivity contribution in [2.75, 3.05) is 0 Å². The Bertz CT molecular complexity index is 693. The number of benzene rings is 1. The Balaban J connectivity index is 1.95. The SMILES string of the molecule is N#CC1(C(O)c2ccc(Br)cn2)CCc2ccccc2C1. The van der Waals surface area contributed by atoms with Crippen molar-refractivity contribution >= 4 is 15.9 Å². The van der Waals surface area contributed by atoms with Crippen LogP contribution in [0.4, 0.5) is 0 Å². The Labute approximate surface area is 132 Å². The summed E-state index contributed by atoms with van der Waals surface area (Å²) in [7, 11) is 0. The molecule has 0 spiro atoms. The summed E-state index contributed by atoms with van der Waals surface area (Å²) in [5.41, 5.74) is 2.19. The minimum atomic E-state index is -0.871. The molecule has 1 heterocycles. The average Bonchev–Trinajstić information content (AvgIpc) is 2.54. The maximum absolute atomic E-state index is 10.7. The first kappa shape index (κ1) is 14.2. The van der Waals surface area contributed by atoms with Crippen LogP contribution in [0.15, 0.2) is 47.1 Å². The van der Waals surface area contributed by atoms with Crippen LogP contribution in [0.5, 0.6) is 0 Å². The van der Waals surface area contributed by atoms with Crippen LogP contribution in [0.1, 0.15) is 29.3 Å². The highest BCUT2D eigenvalue weighted by Crippen LogP contribution is 2.44. The van der Waals surface area contributed by atoms with Crippen molar-refractivity contribution in [1.29, 1.82) is 5.26 Å². The lowest BCUT2D eigenvalue weighted by Gasteiger charge is -2.35. The molecule has 0 radical (unpaired) electrons. The zero-order valence-electron chi connectivity index (χ0n) is 11.5. The normalized spacial score (nSPS) is 22.1. The van der Waals surface area contributed by atoms with Crippen molar-refractivity contribution in [3.63, 3.8) is 0 Å². The van der Waals surface area contributed by atoms with Gasteiger partial charge in [0.05, 0.1) is 17.2 Å². The van der Waals surface area contributed by atoms with E-state index in [4.69, 9.17) is 0 Å². The molecule has 2 atom stereocenters. The molecule has 1 aliphatic carbocycles. The second-order valence-electron chi connectivity index (χ2n) is 5.52. The van der Waals surface area contributed by atoms with Gasteiger partial charge < -0.3 is 5.11 Å². The third-order valence-corrected chi connectivity index (χ3v) is 4.71. The standard InChI is InChI=1S/C17H15BrN2O/c18-14-5-6-15(20-10-14)16(21)17(11-19)8-7-12-3-1-2-4-13(12)9-17/h1-6,10,16,21H,7-9H2. The van der Waals surface area contributed by atoms with Crippen LogP contribution >= 0.6 is 15.9 Å². The minimum Gasteiger partial charge on any atom is -0.385 e. The molecule has 0 saturated heterocycles. The van der Waals surface area contributed by atoms with E-state index in [0.717, 1.165) is 16.5 Å². The molecule has 1 aliphatic rings. The highest BCUT2D eigenvalue weighted by atomic mass is 79.9. The highest BCUT2D eigenvalue weighted by molar-refractivity contribution is 9.10. The first-order chi connectivity index (χ1) is 10.1. The molecule has 1 N–H and O–H groups in total. The number of aryl methyl sites for hydroxylation is 1. The fraction of sp³-hybridized carbons (Fsp3) is 0.294. The smallest absolute Gasteiger partial charge is 0.115 e. The molecular formula is C17H15BrN2O. The molecule has 0 aliphatic heterocycles. The molecule has 1 aromatic carbocycles. The number of aromatic nitrogens is 1. The van der Waals surface area contributed by atoms with E-state index in [1.165, 1.54) is 5.56 Å². The van der Waals surface area contributed by atoms with Gasteiger partial charge in [0.2, 0.25) is 0 Å². The third kappa shape index (κ3) is 2.59. The van der Waals surface area contributed by atoms with Gasteiger partial charge in [-0.3, -0.25) is 4.98 Å². The summed E-state index contributed by atoms with van der Waals surface area (Å²) in [5, 5.41) is 20.4. The van der Waals surface area contributed by atoms with E-state index in [1.807, 2.05) is 24.3 Å². The average molecular weight is 343 g/mol. The predicted molar refractivity (Wildman–Crippen MR) is 83.4 cm³/mol. The van der Waals surface area contributed by atoms with Crippen molar-refractivity contribution in [2.24, 2.45) is 5.41 Å². The topological polar surface area (TPSA) is 56.9 Å². The van der Waals surface area contributed by atoms with Gasteiger partial charge in [-0.05, 0) is 58.5 Å². The van der Waals surface area contributed by atoms with Crippen LogP contribution in [0.3, 0.4) is 0 Å². The number of fused-ring (bicyclic) bond motifs is 1. The molecule has 2 aromatic rings. The Morgan fingerprint density at radius 2 is 2.00 bits per heavy atom. The number of nitrogens with zero attached hydrogens (tertiary/aromatic N) is 2. The lowest BCUT2D eigenvalue weighted by Crippen LogP contribution is -2.34. The second-order valence-corrected chi connectivity index (χ2v) is 6.43. The molecule has 3 nitrogen and oxygen atoms in total. The minimum absolute atomic E-state index is 0.555. The zero-order chi connectivity index (χ0) is 14.9. The van der Waals surface area contributed by atoms with Crippen LogP contribution in [-0.2, 0) is 12.8 Å². The van der Waals surface area contributed by atoms with Crippen LogP contribution in [0.2, 0.25) is 0 Å². The molecule has 0 amide bonds. The summed E-state index contributed by atoms with van der Waals surface area (Å²) < 4.78 is 0.860. The molecule has 1 aromatic heterocycles. The fourth-order valence-electron chi connectivity index (χ4n) is 2.98. The number of aliphatic hydroxyl groups excluding tert-OH is 1. The summed E-state index contributed by atoms with van der Waals surface area (Å²) in [5.74, 6) is 0. The Hall–Kier alpha value is -1.70. The maximum atomic E-state index is 10.7.